The molecule has 0 fully saturated rings. The van der Waals surface area contributed by atoms with Crippen LogP contribution in [-0.2, 0) is 4.79 Å². The molecule has 164 valence electrons. The maximum Gasteiger partial charge on any atom is 0.328 e. The molecule has 0 bridgehead atoms. The highest BCUT2D eigenvalue weighted by atomic mass is 16.5. The van der Waals surface area contributed by atoms with Crippen LogP contribution in [0.2, 0.25) is 0 Å². The van der Waals surface area contributed by atoms with Crippen LogP contribution in [-0.4, -0.2) is 17.7 Å². The lowest BCUT2D eigenvalue weighted by molar-refractivity contribution is -0.131. The molecule has 0 saturated carbocycles. The van der Waals surface area contributed by atoms with Crippen molar-refractivity contribution in [2.75, 3.05) is 6.61 Å². The van der Waals surface area contributed by atoms with Crippen LogP contribution in [0.1, 0.15) is 102 Å². The maximum absolute atomic E-state index is 10.9. The number of hydrogen-bond acceptors (Lipinski definition) is 2. The van der Waals surface area contributed by atoms with Crippen molar-refractivity contribution >= 4 is 11.5 Å². The highest BCUT2D eigenvalue weighted by molar-refractivity contribution is 5.81. The van der Waals surface area contributed by atoms with Gasteiger partial charge in [-0.1, -0.05) is 59.3 Å². The molecule has 1 aromatic carbocycles. The van der Waals surface area contributed by atoms with E-state index in [1.165, 1.54) is 33.9 Å². The van der Waals surface area contributed by atoms with Gasteiger partial charge in [-0.2, -0.15) is 0 Å². The SMILES string of the molecule is CCCCOc1c(C2=C(/C=C/C(C)=C/C(=O)O)CCC2)cc(C(C)C)cc1C(C)C. The number of aliphatic carboxylic acids is 1. The van der Waals surface area contributed by atoms with Gasteiger partial charge in [0.25, 0.3) is 0 Å². The fraction of sp³-hybridized carbons (Fsp3) is 0.519. The van der Waals surface area contributed by atoms with E-state index in [1.54, 1.807) is 0 Å². The van der Waals surface area contributed by atoms with Gasteiger partial charge in [0.05, 0.1) is 6.61 Å². The first-order valence-corrected chi connectivity index (χ1v) is 11.4. The number of ether oxygens (including phenoxy) is 1. The van der Waals surface area contributed by atoms with Crippen molar-refractivity contribution in [3.05, 3.63) is 58.2 Å². The van der Waals surface area contributed by atoms with E-state index in [2.05, 4.69) is 52.8 Å². The predicted molar refractivity (Wildman–Crippen MR) is 126 cm³/mol. The van der Waals surface area contributed by atoms with E-state index in [-0.39, 0.29) is 0 Å². The highest BCUT2D eigenvalue weighted by Gasteiger charge is 2.23. The average Bonchev–Trinajstić information content (AvgIpc) is 3.14. The first kappa shape index (κ1) is 24.0. The van der Waals surface area contributed by atoms with Crippen LogP contribution in [0.4, 0.5) is 0 Å². The third-order valence-corrected chi connectivity index (χ3v) is 5.66. The summed E-state index contributed by atoms with van der Waals surface area (Å²) in [5.74, 6) is 0.979. The van der Waals surface area contributed by atoms with Crippen LogP contribution in [0.25, 0.3) is 5.57 Å². The van der Waals surface area contributed by atoms with Crippen LogP contribution in [0.3, 0.4) is 0 Å². The van der Waals surface area contributed by atoms with E-state index in [1.807, 2.05) is 13.0 Å². The maximum atomic E-state index is 10.9. The smallest absolute Gasteiger partial charge is 0.328 e. The molecule has 0 spiro atoms. The van der Waals surface area contributed by atoms with E-state index >= 15 is 0 Å². The number of benzene rings is 1. The van der Waals surface area contributed by atoms with Crippen molar-refractivity contribution in [3.63, 3.8) is 0 Å². The van der Waals surface area contributed by atoms with Gasteiger partial charge in [0.1, 0.15) is 5.75 Å². The van der Waals surface area contributed by atoms with Crippen molar-refractivity contribution < 1.29 is 14.6 Å². The molecule has 30 heavy (non-hydrogen) atoms. The van der Waals surface area contributed by atoms with E-state index in [9.17, 15) is 4.79 Å². The normalized spacial score (nSPS) is 15.1. The van der Waals surface area contributed by atoms with Crippen LogP contribution in [0.5, 0.6) is 5.75 Å². The summed E-state index contributed by atoms with van der Waals surface area (Å²) in [6, 6.07) is 4.65. The van der Waals surface area contributed by atoms with Crippen molar-refractivity contribution in [1.82, 2.24) is 0 Å². The molecule has 0 atom stereocenters. The Hall–Kier alpha value is -2.29. The fourth-order valence-electron chi connectivity index (χ4n) is 3.87. The van der Waals surface area contributed by atoms with E-state index < -0.39 is 5.97 Å². The van der Waals surface area contributed by atoms with E-state index in [0.717, 1.165) is 50.0 Å². The largest absolute Gasteiger partial charge is 0.493 e. The molecule has 2 rings (SSSR count). The van der Waals surface area contributed by atoms with E-state index in [4.69, 9.17) is 9.84 Å². The molecule has 1 N–H and O–H groups in total. The number of unbranched alkanes of at least 4 members (excludes halogenated alkanes) is 1. The lowest BCUT2D eigenvalue weighted by Gasteiger charge is -2.22. The molecule has 0 aromatic heterocycles. The van der Waals surface area contributed by atoms with Crippen molar-refractivity contribution in [2.24, 2.45) is 0 Å². The molecule has 0 aliphatic heterocycles. The zero-order valence-corrected chi connectivity index (χ0v) is 19.5. The molecule has 3 nitrogen and oxygen atoms in total. The van der Waals surface area contributed by atoms with Gasteiger partial charge in [-0.15, -0.1) is 0 Å². The van der Waals surface area contributed by atoms with Crippen LogP contribution < -0.4 is 4.74 Å². The fourth-order valence-corrected chi connectivity index (χ4v) is 3.87. The van der Waals surface area contributed by atoms with E-state index in [0.29, 0.717) is 11.8 Å². The first-order valence-electron chi connectivity index (χ1n) is 11.4. The topological polar surface area (TPSA) is 46.5 Å². The summed E-state index contributed by atoms with van der Waals surface area (Å²) in [6.45, 7) is 13.7. The summed E-state index contributed by atoms with van der Waals surface area (Å²) >= 11 is 0. The average molecular weight is 411 g/mol. The van der Waals surface area contributed by atoms with Gasteiger partial charge in [-0.3, -0.25) is 0 Å². The summed E-state index contributed by atoms with van der Waals surface area (Å²) in [5.41, 5.74) is 7.27. The molecule has 0 radical (unpaired) electrons. The van der Waals surface area contributed by atoms with Crippen molar-refractivity contribution in [1.29, 1.82) is 0 Å². The zero-order valence-electron chi connectivity index (χ0n) is 19.5. The Morgan fingerprint density at radius 1 is 1.17 bits per heavy atom. The molecule has 0 unspecified atom stereocenters. The molecule has 1 aromatic rings. The lowest BCUT2D eigenvalue weighted by Crippen LogP contribution is -2.06. The summed E-state index contributed by atoms with van der Waals surface area (Å²) in [6.07, 6.45) is 10.6. The molecule has 0 amide bonds. The first-order chi connectivity index (χ1) is 14.2. The van der Waals surface area contributed by atoms with Gasteiger partial charge in [0, 0.05) is 11.6 Å². The second kappa shape index (κ2) is 11.2. The molecule has 1 aliphatic carbocycles. The third kappa shape index (κ3) is 6.35. The highest BCUT2D eigenvalue weighted by Crippen LogP contribution is 2.43. The minimum absolute atomic E-state index is 0.390. The Balaban J connectivity index is 2.60. The van der Waals surface area contributed by atoms with Crippen molar-refractivity contribution in [2.45, 2.75) is 85.5 Å². The Morgan fingerprint density at radius 3 is 2.50 bits per heavy atom. The minimum atomic E-state index is -0.907. The van der Waals surface area contributed by atoms with Crippen LogP contribution >= 0.6 is 0 Å². The predicted octanol–water partition coefficient (Wildman–Crippen LogP) is 7.64. The molecule has 3 heteroatoms. The third-order valence-electron chi connectivity index (χ3n) is 5.66. The number of carboxylic acids is 1. The summed E-state index contributed by atoms with van der Waals surface area (Å²) < 4.78 is 6.40. The van der Waals surface area contributed by atoms with Crippen LogP contribution in [0.15, 0.2) is 41.5 Å². The van der Waals surface area contributed by atoms with Crippen LogP contribution in [0, 0.1) is 0 Å². The number of carboxylic acid groups (broad SMARTS) is 1. The molecular weight excluding hydrogens is 372 g/mol. The molecule has 0 saturated heterocycles. The van der Waals surface area contributed by atoms with Gasteiger partial charge in [-0.05, 0) is 78.4 Å². The second-order valence-electron chi connectivity index (χ2n) is 8.92. The number of hydrogen-bond donors (Lipinski definition) is 1. The van der Waals surface area contributed by atoms with Gasteiger partial charge < -0.3 is 9.84 Å². The Kier molecular flexibility index (Phi) is 8.95. The zero-order chi connectivity index (χ0) is 22.3. The Morgan fingerprint density at radius 2 is 1.90 bits per heavy atom. The van der Waals surface area contributed by atoms with Gasteiger partial charge in [-0.25, -0.2) is 4.79 Å². The summed E-state index contributed by atoms with van der Waals surface area (Å²) in [7, 11) is 0. The number of carbonyl (C=O) groups is 1. The van der Waals surface area contributed by atoms with Gasteiger partial charge in [0.15, 0.2) is 0 Å². The Labute approximate surface area is 182 Å². The quantitative estimate of drug-likeness (QED) is 0.245. The summed E-state index contributed by atoms with van der Waals surface area (Å²) in [5, 5.41) is 8.97. The molecule has 1 aliphatic rings. The van der Waals surface area contributed by atoms with Crippen molar-refractivity contribution in [3.8, 4) is 5.75 Å². The standard InChI is InChI=1S/C27H38O3/c1-7-8-14-30-27-24(19(4)5)16-22(18(2)3)17-25(27)23-11-9-10-21(23)13-12-20(6)15-26(28)29/h12-13,15-19H,7-11,14H2,1-6H3,(H,28,29)/b13-12+,20-15+. The molecule has 0 heterocycles. The molecular formula is C27H38O3. The number of allylic oxidation sites excluding steroid dienone is 5. The Bertz CT molecular complexity index is 838. The second-order valence-corrected chi connectivity index (χ2v) is 8.92. The number of rotatable bonds is 10. The van der Waals surface area contributed by atoms with Gasteiger partial charge >= 0.3 is 5.97 Å². The van der Waals surface area contributed by atoms with Gasteiger partial charge in [0.2, 0.25) is 0 Å². The summed E-state index contributed by atoms with van der Waals surface area (Å²) in [4.78, 5) is 10.9. The monoisotopic (exact) mass is 410 g/mol. The lowest BCUT2D eigenvalue weighted by atomic mass is 9.88. The minimum Gasteiger partial charge on any atom is -0.493 e.